The highest BCUT2D eigenvalue weighted by Gasteiger charge is 2.19. The minimum atomic E-state index is -0.906. The quantitative estimate of drug-likeness (QED) is 0.879. The monoisotopic (exact) mass is 240 g/mol. The molecule has 1 aliphatic heterocycles. The number of nitrogens with zero attached hydrogens (tertiary/aromatic N) is 2. The first-order valence-corrected chi connectivity index (χ1v) is 6.40. The molecule has 0 spiro atoms. The minimum absolute atomic E-state index is 0.244. The van der Waals surface area contributed by atoms with Crippen LogP contribution in [0.25, 0.3) is 0 Å². The van der Waals surface area contributed by atoms with E-state index in [-0.39, 0.29) is 5.69 Å². The summed E-state index contributed by atoms with van der Waals surface area (Å²) in [5, 5.41) is 9.87. The van der Waals surface area contributed by atoms with Crippen LogP contribution < -0.4 is 0 Å². The molecule has 0 bridgehead atoms. The molecule has 0 unspecified atom stereocenters. The molecule has 1 aliphatic rings. The standard InChI is InChI=1S/C11H16N2O2S/c1-8-12-10(11(14)15)9(16-8)7-13-5-3-2-4-6-13/h2-7H2,1H3,(H,14,15). The molecule has 1 N–H and O–H groups in total. The lowest BCUT2D eigenvalue weighted by atomic mass is 10.1. The van der Waals surface area contributed by atoms with Gasteiger partial charge in [0.1, 0.15) is 0 Å². The van der Waals surface area contributed by atoms with Gasteiger partial charge < -0.3 is 5.11 Å². The lowest BCUT2D eigenvalue weighted by Crippen LogP contribution is -2.29. The van der Waals surface area contributed by atoms with Gasteiger partial charge in [-0.2, -0.15) is 0 Å². The number of hydrogen-bond donors (Lipinski definition) is 1. The van der Waals surface area contributed by atoms with Crippen molar-refractivity contribution in [3.05, 3.63) is 15.6 Å². The van der Waals surface area contributed by atoms with E-state index in [0.29, 0.717) is 0 Å². The molecule has 4 nitrogen and oxygen atoms in total. The SMILES string of the molecule is Cc1nc(C(=O)O)c(CN2CCCCC2)s1. The zero-order valence-electron chi connectivity index (χ0n) is 9.40. The Morgan fingerprint density at radius 2 is 2.12 bits per heavy atom. The zero-order valence-corrected chi connectivity index (χ0v) is 10.2. The van der Waals surface area contributed by atoms with Crippen molar-refractivity contribution in [2.24, 2.45) is 0 Å². The zero-order chi connectivity index (χ0) is 11.5. The molecule has 16 heavy (non-hydrogen) atoms. The Morgan fingerprint density at radius 1 is 1.44 bits per heavy atom. The number of thiazole rings is 1. The summed E-state index contributed by atoms with van der Waals surface area (Å²) in [4.78, 5) is 18.3. The lowest BCUT2D eigenvalue weighted by molar-refractivity contribution is 0.0688. The molecule has 1 aromatic rings. The fourth-order valence-electron chi connectivity index (χ4n) is 2.06. The van der Waals surface area contributed by atoms with Gasteiger partial charge in [-0.25, -0.2) is 9.78 Å². The molecule has 0 aliphatic carbocycles. The van der Waals surface area contributed by atoms with Gasteiger partial charge in [0.25, 0.3) is 0 Å². The molecule has 0 aromatic carbocycles. The Labute approximate surface area is 98.9 Å². The Morgan fingerprint density at radius 3 is 2.75 bits per heavy atom. The van der Waals surface area contributed by atoms with Gasteiger partial charge in [-0.3, -0.25) is 4.90 Å². The van der Waals surface area contributed by atoms with Crippen LogP contribution in [0, 0.1) is 6.92 Å². The number of aromatic nitrogens is 1. The van der Waals surface area contributed by atoms with E-state index in [1.165, 1.54) is 30.6 Å². The van der Waals surface area contributed by atoms with Crippen molar-refractivity contribution in [1.29, 1.82) is 0 Å². The molecule has 0 atom stereocenters. The van der Waals surface area contributed by atoms with E-state index in [1.807, 2.05) is 6.92 Å². The third-order valence-electron chi connectivity index (χ3n) is 2.82. The van der Waals surface area contributed by atoms with Gasteiger partial charge in [0.2, 0.25) is 0 Å². The largest absolute Gasteiger partial charge is 0.476 e. The number of hydrogen-bond acceptors (Lipinski definition) is 4. The number of carboxylic acid groups (broad SMARTS) is 1. The molecule has 0 radical (unpaired) electrons. The maximum absolute atomic E-state index is 11.0. The van der Waals surface area contributed by atoms with Crippen LogP contribution in [0.3, 0.4) is 0 Å². The number of carbonyl (C=O) groups is 1. The van der Waals surface area contributed by atoms with E-state index in [4.69, 9.17) is 5.11 Å². The van der Waals surface area contributed by atoms with Crippen LogP contribution in [0.1, 0.15) is 39.6 Å². The predicted molar refractivity (Wildman–Crippen MR) is 62.9 cm³/mol. The molecule has 1 aromatic heterocycles. The van der Waals surface area contributed by atoms with Gasteiger partial charge in [-0.15, -0.1) is 11.3 Å². The number of carboxylic acids is 1. The summed E-state index contributed by atoms with van der Waals surface area (Å²) in [7, 11) is 0. The van der Waals surface area contributed by atoms with Crippen molar-refractivity contribution in [3.8, 4) is 0 Å². The average molecular weight is 240 g/mol. The molecule has 0 amide bonds. The van der Waals surface area contributed by atoms with Crippen LogP contribution in [-0.2, 0) is 6.54 Å². The highest BCUT2D eigenvalue weighted by Crippen LogP contribution is 2.21. The molecule has 88 valence electrons. The molecule has 1 saturated heterocycles. The second kappa shape index (κ2) is 4.93. The van der Waals surface area contributed by atoms with Crippen LogP contribution in [0.2, 0.25) is 0 Å². The van der Waals surface area contributed by atoms with Gasteiger partial charge in [-0.1, -0.05) is 6.42 Å². The summed E-state index contributed by atoms with van der Waals surface area (Å²) in [5.74, 6) is -0.906. The molecule has 2 heterocycles. The number of piperidine rings is 1. The van der Waals surface area contributed by atoms with Crippen LogP contribution in [0.15, 0.2) is 0 Å². The Kier molecular flexibility index (Phi) is 3.56. The van der Waals surface area contributed by atoms with Crippen LogP contribution in [0.4, 0.5) is 0 Å². The van der Waals surface area contributed by atoms with E-state index < -0.39 is 5.97 Å². The van der Waals surface area contributed by atoms with Crippen molar-refractivity contribution in [3.63, 3.8) is 0 Å². The Hall–Kier alpha value is -0.940. The molecule has 0 saturated carbocycles. The smallest absolute Gasteiger partial charge is 0.355 e. The Bertz CT molecular complexity index is 383. The third kappa shape index (κ3) is 2.59. The molecule has 5 heteroatoms. The summed E-state index contributed by atoms with van der Waals surface area (Å²) in [6, 6.07) is 0. The number of aromatic carboxylic acids is 1. The topological polar surface area (TPSA) is 53.4 Å². The summed E-state index contributed by atoms with van der Waals surface area (Å²) < 4.78 is 0. The second-order valence-corrected chi connectivity index (χ2v) is 5.43. The fraction of sp³-hybridized carbons (Fsp3) is 0.636. The van der Waals surface area contributed by atoms with Gasteiger partial charge in [-0.05, 0) is 32.9 Å². The van der Waals surface area contributed by atoms with Gasteiger partial charge >= 0.3 is 5.97 Å². The van der Waals surface area contributed by atoms with Gasteiger partial charge in [0, 0.05) is 6.54 Å². The molecular formula is C11H16N2O2S. The summed E-state index contributed by atoms with van der Waals surface area (Å²) in [6.07, 6.45) is 3.74. The minimum Gasteiger partial charge on any atom is -0.476 e. The molecule has 2 rings (SSSR count). The highest BCUT2D eigenvalue weighted by molar-refractivity contribution is 7.11. The van der Waals surface area contributed by atoms with Crippen molar-refractivity contribution < 1.29 is 9.90 Å². The average Bonchev–Trinajstić information content (AvgIpc) is 2.61. The molecular weight excluding hydrogens is 224 g/mol. The predicted octanol–water partition coefficient (Wildman–Crippen LogP) is 2.14. The van der Waals surface area contributed by atoms with Crippen molar-refractivity contribution in [1.82, 2.24) is 9.88 Å². The van der Waals surface area contributed by atoms with Gasteiger partial charge in [0.15, 0.2) is 5.69 Å². The third-order valence-corrected chi connectivity index (χ3v) is 3.78. The van der Waals surface area contributed by atoms with Crippen LogP contribution in [-0.4, -0.2) is 34.0 Å². The first-order valence-electron chi connectivity index (χ1n) is 5.59. The number of likely N-dealkylation sites (tertiary alicyclic amines) is 1. The number of aryl methyl sites for hydroxylation is 1. The second-order valence-electron chi connectivity index (χ2n) is 4.15. The van der Waals surface area contributed by atoms with Crippen molar-refractivity contribution in [2.75, 3.05) is 13.1 Å². The lowest BCUT2D eigenvalue weighted by Gasteiger charge is -2.25. The maximum atomic E-state index is 11.0. The molecule has 1 fully saturated rings. The fourth-order valence-corrected chi connectivity index (χ4v) is 3.03. The van der Waals surface area contributed by atoms with E-state index in [9.17, 15) is 4.79 Å². The number of rotatable bonds is 3. The first-order chi connectivity index (χ1) is 7.66. The van der Waals surface area contributed by atoms with Gasteiger partial charge in [0.05, 0.1) is 9.88 Å². The summed E-state index contributed by atoms with van der Waals surface area (Å²) in [5.41, 5.74) is 0.244. The normalized spacial score (nSPS) is 17.6. The summed E-state index contributed by atoms with van der Waals surface area (Å²) in [6.45, 7) is 4.76. The summed E-state index contributed by atoms with van der Waals surface area (Å²) >= 11 is 1.50. The maximum Gasteiger partial charge on any atom is 0.355 e. The van der Waals surface area contributed by atoms with Crippen molar-refractivity contribution >= 4 is 17.3 Å². The van der Waals surface area contributed by atoms with Crippen LogP contribution in [0.5, 0.6) is 0 Å². The van der Waals surface area contributed by atoms with E-state index in [0.717, 1.165) is 29.5 Å². The van der Waals surface area contributed by atoms with E-state index in [2.05, 4.69) is 9.88 Å². The van der Waals surface area contributed by atoms with E-state index in [1.54, 1.807) is 0 Å². The van der Waals surface area contributed by atoms with Crippen molar-refractivity contribution in [2.45, 2.75) is 32.7 Å². The Balaban J connectivity index is 2.10. The van der Waals surface area contributed by atoms with Crippen LogP contribution >= 0.6 is 11.3 Å². The highest BCUT2D eigenvalue weighted by atomic mass is 32.1. The van der Waals surface area contributed by atoms with E-state index >= 15 is 0 Å². The first kappa shape index (κ1) is 11.5.